The number of carbonyl (C=O) groups is 1. The fourth-order valence-corrected chi connectivity index (χ4v) is 3.59. The number of aryl methyl sites for hydroxylation is 1. The van der Waals surface area contributed by atoms with Gasteiger partial charge in [0.05, 0.1) is 5.56 Å². The normalized spacial score (nSPS) is 18.5. The number of aromatic amines is 1. The molecule has 118 valence electrons. The molecule has 0 unspecified atom stereocenters. The molecule has 0 saturated carbocycles. The molecule has 5 nitrogen and oxygen atoms in total. The minimum atomic E-state index is 0.131. The van der Waals surface area contributed by atoms with Gasteiger partial charge in [-0.25, -0.2) is 0 Å². The average molecular weight is 308 g/mol. The lowest BCUT2D eigenvalue weighted by molar-refractivity contribution is 0.0707. The summed E-state index contributed by atoms with van der Waals surface area (Å²) in [5.41, 5.74) is 3.02. The van der Waals surface area contributed by atoms with Gasteiger partial charge in [0.1, 0.15) is 0 Å². The van der Waals surface area contributed by atoms with Crippen LogP contribution in [0.5, 0.6) is 0 Å². The third-order valence-electron chi connectivity index (χ3n) is 4.80. The number of nitrogens with zero attached hydrogens (tertiary/aromatic N) is 3. The second-order valence-corrected chi connectivity index (χ2v) is 6.27. The predicted molar refractivity (Wildman–Crippen MR) is 89.4 cm³/mol. The van der Waals surface area contributed by atoms with E-state index in [9.17, 15) is 4.79 Å². The Morgan fingerprint density at radius 1 is 1.30 bits per heavy atom. The van der Waals surface area contributed by atoms with Gasteiger partial charge in [-0.05, 0) is 25.0 Å². The molecule has 2 aromatic heterocycles. The van der Waals surface area contributed by atoms with Gasteiger partial charge in [0, 0.05) is 55.0 Å². The van der Waals surface area contributed by atoms with Gasteiger partial charge in [0.2, 0.25) is 0 Å². The number of nitrogens with one attached hydrogen (secondary N) is 1. The largest absolute Gasteiger partial charge is 0.350 e. The van der Waals surface area contributed by atoms with E-state index in [0.717, 1.165) is 48.1 Å². The monoisotopic (exact) mass is 308 g/mol. The molecule has 23 heavy (non-hydrogen) atoms. The summed E-state index contributed by atoms with van der Waals surface area (Å²) in [4.78, 5) is 15.0. The number of hydrogen-bond donors (Lipinski definition) is 1. The zero-order valence-corrected chi connectivity index (χ0v) is 13.2. The Bertz CT molecular complexity index is 834. The summed E-state index contributed by atoms with van der Waals surface area (Å²) in [5.74, 6) is 0.483. The van der Waals surface area contributed by atoms with Crippen LogP contribution in [-0.2, 0) is 7.05 Å². The van der Waals surface area contributed by atoms with Crippen molar-refractivity contribution < 1.29 is 4.79 Å². The van der Waals surface area contributed by atoms with Gasteiger partial charge in [-0.3, -0.25) is 9.89 Å². The fourth-order valence-electron chi connectivity index (χ4n) is 3.59. The molecule has 1 amide bonds. The fraction of sp³-hybridized carbons (Fsp3) is 0.333. The third-order valence-corrected chi connectivity index (χ3v) is 4.80. The smallest absolute Gasteiger partial charge is 0.256 e. The molecule has 1 atom stereocenters. The number of rotatable bonds is 2. The topological polar surface area (TPSA) is 53.9 Å². The number of H-pyrrole nitrogens is 1. The van der Waals surface area contributed by atoms with Crippen molar-refractivity contribution in [1.29, 1.82) is 0 Å². The van der Waals surface area contributed by atoms with Crippen LogP contribution >= 0.6 is 0 Å². The molecule has 0 radical (unpaired) electrons. The zero-order chi connectivity index (χ0) is 15.8. The van der Waals surface area contributed by atoms with E-state index in [4.69, 9.17) is 0 Å². The van der Waals surface area contributed by atoms with Gasteiger partial charge < -0.3 is 9.47 Å². The van der Waals surface area contributed by atoms with E-state index >= 15 is 0 Å². The molecule has 1 aliphatic heterocycles. The van der Waals surface area contributed by atoms with E-state index in [-0.39, 0.29) is 5.91 Å². The Kier molecular flexibility index (Phi) is 3.41. The third kappa shape index (κ3) is 2.42. The van der Waals surface area contributed by atoms with E-state index in [1.54, 1.807) is 6.20 Å². The highest BCUT2D eigenvalue weighted by Gasteiger charge is 2.27. The van der Waals surface area contributed by atoms with Crippen LogP contribution in [0.15, 0.2) is 42.7 Å². The Hall–Kier alpha value is -2.56. The maximum atomic E-state index is 13.0. The van der Waals surface area contributed by atoms with Crippen molar-refractivity contribution in [1.82, 2.24) is 19.7 Å². The van der Waals surface area contributed by atoms with E-state index < -0.39 is 0 Å². The Labute approximate surface area is 134 Å². The van der Waals surface area contributed by atoms with E-state index in [0.29, 0.717) is 5.92 Å². The Morgan fingerprint density at radius 3 is 3.00 bits per heavy atom. The van der Waals surface area contributed by atoms with Gasteiger partial charge in [-0.1, -0.05) is 18.2 Å². The number of benzene rings is 1. The molecule has 3 aromatic rings. The SMILES string of the molecule is Cn1cc(C(=O)N2CCC[C@H](c3ccn[nH]3)C2)c2ccccc21. The zero-order valence-electron chi connectivity index (χ0n) is 13.2. The molecule has 0 bridgehead atoms. The van der Waals surface area contributed by atoms with Crippen molar-refractivity contribution in [3.05, 3.63) is 54.0 Å². The number of aromatic nitrogens is 3. The number of carbonyl (C=O) groups excluding carboxylic acids is 1. The van der Waals surface area contributed by atoms with Crippen LogP contribution < -0.4 is 0 Å². The Morgan fingerprint density at radius 2 is 2.17 bits per heavy atom. The number of fused-ring (bicyclic) bond motifs is 1. The van der Waals surface area contributed by atoms with Crippen LogP contribution in [0.25, 0.3) is 10.9 Å². The summed E-state index contributed by atoms with van der Waals surface area (Å²) in [6.45, 7) is 1.58. The van der Waals surface area contributed by atoms with Gasteiger partial charge in [0.25, 0.3) is 5.91 Å². The van der Waals surface area contributed by atoms with Crippen molar-refractivity contribution in [2.24, 2.45) is 7.05 Å². The van der Waals surface area contributed by atoms with Crippen LogP contribution in [0, 0.1) is 0 Å². The quantitative estimate of drug-likeness (QED) is 0.791. The summed E-state index contributed by atoms with van der Waals surface area (Å²) in [6.07, 6.45) is 5.86. The van der Waals surface area contributed by atoms with Gasteiger partial charge >= 0.3 is 0 Å². The molecule has 4 rings (SSSR count). The van der Waals surface area contributed by atoms with E-state index in [1.165, 1.54) is 0 Å². The minimum Gasteiger partial charge on any atom is -0.350 e. The second-order valence-electron chi connectivity index (χ2n) is 6.27. The van der Waals surface area contributed by atoms with Crippen molar-refractivity contribution >= 4 is 16.8 Å². The van der Waals surface area contributed by atoms with Crippen molar-refractivity contribution in [3.63, 3.8) is 0 Å². The molecule has 5 heteroatoms. The summed E-state index contributed by atoms with van der Waals surface area (Å²) >= 11 is 0. The molecular formula is C18H20N4O. The average Bonchev–Trinajstić information content (AvgIpc) is 3.23. The number of likely N-dealkylation sites (tertiary alicyclic amines) is 1. The summed E-state index contributed by atoms with van der Waals surface area (Å²) in [6, 6.07) is 10.1. The molecule has 3 heterocycles. The number of piperidine rings is 1. The summed E-state index contributed by atoms with van der Waals surface area (Å²) in [7, 11) is 1.99. The van der Waals surface area contributed by atoms with Crippen molar-refractivity contribution in [2.45, 2.75) is 18.8 Å². The molecule has 1 N–H and O–H groups in total. The highest BCUT2D eigenvalue weighted by Crippen LogP contribution is 2.28. The number of para-hydroxylation sites is 1. The standard InChI is InChI=1S/C18H20N4O/c1-21-12-15(14-6-2-3-7-17(14)21)18(23)22-10-4-5-13(11-22)16-8-9-19-20-16/h2-3,6-9,12-13H,4-5,10-11H2,1H3,(H,19,20)/t13-/m0/s1. The highest BCUT2D eigenvalue weighted by molar-refractivity contribution is 6.07. The lowest BCUT2D eigenvalue weighted by atomic mass is 9.94. The molecule has 1 aromatic carbocycles. The van der Waals surface area contributed by atoms with Crippen molar-refractivity contribution in [2.75, 3.05) is 13.1 Å². The number of hydrogen-bond acceptors (Lipinski definition) is 2. The minimum absolute atomic E-state index is 0.131. The predicted octanol–water partition coefficient (Wildman–Crippen LogP) is 2.92. The van der Waals surface area contributed by atoms with Crippen LogP contribution in [-0.4, -0.2) is 38.7 Å². The van der Waals surface area contributed by atoms with E-state index in [2.05, 4.69) is 16.3 Å². The lowest BCUT2D eigenvalue weighted by Gasteiger charge is -2.32. The summed E-state index contributed by atoms with van der Waals surface area (Å²) in [5, 5.41) is 8.12. The molecule has 0 aliphatic carbocycles. The van der Waals surface area contributed by atoms with Crippen LogP contribution in [0.2, 0.25) is 0 Å². The first-order chi connectivity index (χ1) is 11.2. The van der Waals surface area contributed by atoms with Crippen LogP contribution in [0.1, 0.15) is 34.8 Å². The van der Waals surface area contributed by atoms with Crippen molar-refractivity contribution in [3.8, 4) is 0 Å². The number of amides is 1. The Balaban J connectivity index is 1.63. The van der Waals surface area contributed by atoms with Gasteiger partial charge in [0.15, 0.2) is 0 Å². The van der Waals surface area contributed by atoms with Gasteiger partial charge in [-0.15, -0.1) is 0 Å². The second kappa shape index (κ2) is 5.57. The van der Waals surface area contributed by atoms with Gasteiger partial charge in [-0.2, -0.15) is 5.10 Å². The molecule has 1 saturated heterocycles. The van der Waals surface area contributed by atoms with E-state index in [1.807, 2.05) is 47.0 Å². The lowest BCUT2D eigenvalue weighted by Crippen LogP contribution is -2.39. The first-order valence-electron chi connectivity index (χ1n) is 8.06. The molecule has 1 fully saturated rings. The maximum Gasteiger partial charge on any atom is 0.256 e. The first-order valence-corrected chi connectivity index (χ1v) is 8.06. The first kappa shape index (κ1) is 14.1. The van der Waals surface area contributed by atoms with Crippen LogP contribution in [0.3, 0.4) is 0 Å². The molecule has 1 aliphatic rings. The maximum absolute atomic E-state index is 13.0. The highest BCUT2D eigenvalue weighted by atomic mass is 16.2. The van der Waals surface area contributed by atoms with Crippen LogP contribution in [0.4, 0.5) is 0 Å². The summed E-state index contributed by atoms with van der Waals surface area (Å²) < 4.78 is 2.03. The molecule has 0 spiro atoms. The molecular weight excluding hydrogens is 288 g/mol.